The monoisotopic (exact) mass is 206 g/mol. The zero-order valence-electron chi connectivity index (χ0n) is 7.47. The van der Waals surface area contributed by atoms with Crippen molar-refractivity contribution in [3.05, 3.63) is 34.8 Å². The Bertz CT molecular complexity index is 399. The lowest BCUT2D eigenvalue weighted by Gasteiger charge is -2.02. The first-order chi connectivity index (χ1) is 6.84. The van der Waals surface area contributed by atoms with Gasteiger partial charge in [-0.15, -0.1) is 11.3 Å². The average Bonchev–Trinajstić information content (AvgIpc) is 2.67. The summed E-state index contributed by atoms with van der Waals surface area (Å²) >= 11 is 1.70. The van der Waals surface area contributed by atoms with Crippen molar-refractivity contribution in [2.75, 3.05) is 11.1 Å². The van der Waals surface area contributed by atoms with Crippen molar-refractivity contribution in [2.24, 2.45) is 0 Å². The highest BCUT2D eigenvalue weighted by atomic mass is 32.1. The summed E-state index contributed by atoms with van der Waals surface area (Å²) in [4.78, 5) is 9.28. The van der Waals surface area contributed by atoms with Gasteiger partial charge in [-0.1, -0.05) is 6.07 Å². The summed E-state index contributed by atoms with van der Waals surface area (Å²) in [6.45, 7) is 0.760. The van der Waals surface area contributed by atoms with Crippen LogP contribution in [-0.2, 0) is 6.54 Å². The maximum absolute atomic E-state index is 5.50. The number of nitrogen functional groups attached to an aromatic ring is 1. The van der Waals surface area contributed by atoms with Crippen LogP contribution in [0.4, 0.5) is 11.6 Å². The average molecular weight is 206 g/mol. The van der Waals surface area contributed by atoms with Gasteiger partial charge < -0.3 is 11.1 Å². The standard InChI is InChI=1S/C9H10N4S/c10-8-5-11-6-9(13-8)12-4-7-2-1-3-14-7/h1-3,5-6H,4H2,(H3,10,12,13). The molecule has 0 unspecified atom stereocenters. The number of aromatic nitrogens is 2. The molecular weight excluding hydrogens is 196 g/mol. The molecule has 0 aliphatic carbocycles. The number of nitrogens with two attached hydrogens (primary N) is 1. The van der Waals surface area contributed by atoms with E-state index in [2.05, 4.69) is 21.4 Å². The molecule has 0 atom stereocenters. The van der Waals surface area contributed by atoms with Crippen molar-refractivity contribution in [1.82, 2.24) is 9.97 Å². The lowest BCUT2D eigenvalue weighted by molar-refractivity contribution is 1.11. The number of hydrogen-bond acceptors (Lipinski definition) is 5. The van der Waals surface area contributed by atoms with Gasteiger partial charge in [0.25, 0.3) is 0 Å². The molecule has 2 rings (SSSR count). The van der Waals surface area contributed by atoms with Crippen LogP contribution >= 0.6 is 11.3 Å². The molecule has 0 aliphatic rings. The number of hydrogen-bond donors (Lipinski definition) is 2. The quantitative estimate of drug-likeness (QED) is 0.802. The number of nitrogens with one attached hydrogen (secondary N) is 1. The van der Waals surface area contributed by atoms with Crippen LogP contribution in [0.5, 0.6) is 0 Å². The number of nitrogens with zero attached hydrogens (tertiary/aromatic N) is 2. The third kappa shape index (κ3) is 2.20. The summed E-state index contributed by atoms with van der Waals surface area (Å²) in [7, 11) is 0. The maximum atomic E-state index is 5.50. The van der Waals surface area contributed by atoms with E-state index < -0.39 is 0 Å². The fourth-order valence-corrected chi connectivity index (χ4v) is 1.70. The molecule has 72 valence electrons. The second kappa shape index (κ2) is 4.06. The van der Waals surface area contributed by atoms with Gasteiger partial charge in [-0.25, -0.2) is 4.98 Å². The molecule has 0 aliphatic heterocycles. The fourth-order valence-electron chi connectivity index (χ4n) is 1.06. The minimum atomic E-state index is 0.432. The normalized spacial score (nSPS) is 10.0. The van der Waals surface area contributed by atoms with Gasteiger partial charge in [0.1, 0.15) is 11.6 Å². The fraction of sp³-hybridized carbons (Fsp3) is 0.111. The van der Waals surface area contributed by atoms with Gasteiger partial charge in [-0.2, -0.15) is 0 Å². The minimum Gasteiger partial charge on any atom is -0.382 e. The van der Waals surface area contributed by atoms with E-state index in [4.69, 9.17) is 5.73 Å². The second-order valence-electron chi connectivity index (χ2n) is 2.76. The Hall–Kier alpha value is -1.62. The van der Waals surface area contributed by atoms with Gasteiger partial charge in [-0.05, 0) is 11.4 Å². The second-order valence-corrected chi connectivity index (χ2v) is 3.79. The van der Waals surface area contributed by atoms with Gasteiger partial charge in [0.15, 0.2) is 0 Å². The van der Waals surface area contributed by atoms with Crippen LogP contribution < -0.4 is 11.1 Å². The molecule has 0 fully saturated rings. The van der Waals surface area contributed by atoms with E-state index in [-0.39, 0.29) is 0 Å². The molecule has 14 heavy (non-hydrogen) atoms. The number of rotatable bonds is 3. The highest BCUT2D eigenvalue weighted by Crippen LogP contribution is 2.11. The summed E-state index contributed by atoms with van der Waals surface area (Å²) in [5.41, 5.74) is 5.50. The summed E-state index contributed by atoms with van der Waals surface area (Å²) in [5, 5.41) is 5.19. The zero-order valence-corrected chi connectivity index (χ0v) is 8.29. The third-order valence-corrected chi connectivity index (χ3v) is 2.55. The van der Waals surface area contributed by atoms with Gasteiger partial charge >= 0.3 is 0 Å². The lowest BCUT2D eigenvalue weighted by Crippen LogP contribution is -2.02. The van der Waals surface area contributed by atoms with Crippen LogP contribution in [0.1, 0.15) is 4.88 Å². The SMILES string of the molecule is Nc1cncc(NCc2cccs2)n1. The summed E-state index contributed by atoms with van der Waals surface area (Å²) in [5.74, 6) is 1.14. The van der Waals surface area contributed by atoms with Crippen LogP contribution in [-0.4, -0.2) is 9.97 Å². The molecule has 2 aromatic rings. The van der Waals surface area contributed by atoms with E-state index in [1.807, 2.05) is 11.4 Å². The number of thiophene rings is 1. The van der Waals surface area contributed by atoms with Crippen LogP contribution in [0.15, 0.2) is 29.9 Å². The van der Waals surface area contributed by atoms with Crippen LogP contribution in [0.25, 0.3) is 0 Å². The molecule has 3 N–H and O–H groups in total. The summed E-state index contributed by atoms with van der Waals surface area (Å²) in [6, 6.07) is 4.09. The smallest absolute Gasteiger partial charge is 0.147 e. The Labute approximate surface area is 85.8 Å². The lowest BCUT2D eigenvalue weighted by atomic mass is 10.4. The molecule has 0 bridgehead atoms. The van der Waals surface area contributed by atoms with Crippen molar-refractivity contribution in [3.8, 4) is 0 Å². The minimum absolute atomic E-state index is 0.432. The summed E-state index contributed by atoms with van der Waals surface area (Å²) < 4.78 is 0. The third-order valence-electron chi connectivity index (χ3n) is 1.68. The molecule has 2 heterocycles. The molecule has 2 aromatic heterocycles. The Morgan fingerprint density at radius 1 is 1.43 bits per heavy atom. The highest BCUT2D eigenvalue weighted by Gasteiger charge is 1.96. The van der Waals surface area contributed by atoms with E-state index in [0.29, 0.717) is 11.6 Å². The maximum Gasteiger partial charge on any atom is 0.147 e. The van der Waals surface area contributed by atoms with Crippen LogP contribution in [0.3, 0.4) is 0 Å². The first kappa shape index (κ1) is 8.96. The molecule has 0 spiro atoms. The molecule has 0 aromatic carbocycles. The molecule has 4 nitrogen and oxygen atoms in total. The van der Waals surface area contributed by atoms with E-state index in [1.165, 1.54) is 11.1 Å². The predicted molar refractivity (Wildman–Crippen MR) is 58.1 cm³/mol. The van der Waals surface area contributed by atoms with Crippen molar-refractivity contribution >= 4 is 23.0 Å². The Kier molecular flexibility index (Phi) is 2.60. The van der Waals surface area contributed by atoms with Gasteiger partial charge in [0.05, 0.1) is 18.9 Å². The van der Waals surface area contributed by atoms with Crippen molar-refractivity contribution in [1.29, 1.82) is 0 Å². The first-order valence-corrected chi connectivity index (χ1v) is 5.06. The van der Waals surface area contributed by atoms with Crippen LogP contribution in [0.2, 0.25) is 0 Å². The Balaban J connectivity index is 1.98. The van der Waals surface area contributed by atoms with E-state index in [1.54, 1.807) is 17.5 Å². The van der Waals surface area contributed by atoms with Gasteiger partial charge in [0, 0.05) is 4.88 Å². The van der Waals surface area contributed by atoms with Gasteiger partial charge in [0.2, 0.25) is 0 Å². The van der Waals surface area contributed by atoms with E-state index in [0.717, 1.165) is 6.54 Å². The van der Waals surface area contributed by atoms with Crippen molar-refractivity contribution in [3.63, 3.8) is 0 Å². The molecular formula is C9H10N4S. The molecule has 0 radical (unpaired) electrons. The van der Waals surface area contributed by atoms with Gasteiger partial charge in [-0.3, -0.25) is 4.98 Å². The summed E-state index contributed by atoms with van der Waals surface area (Å²) in [6.07, 6.45) is 3.18. The molecule has 0 saturated heterocycles. The van der Waals surface area contributed by atoms with Crippen molar-refractivity contribution in [2.45, 2.75) is 6.54 Å². The molecule has 0 amide bonds. The largest absolute Gasteiger partial charge is 0.382 e. The molecule has 5 heteroatoms. The predicted octanol–water partition coefficient (Wildman–Crippen LogP) is 1.73. The van der Waals surface area contributed by atoms with E-state index in [9.17, 15) is 0 Å². The molecule has 0 saturated carbocycles. The van der Waals surface area contributed by atoms with E-state index >= 15 is 0 Å². The Morgan fingerprint density at radius 3 is 3.07 bits per heavy atom. The highest BCUT2D eigenvalue weighted by molar-refractivity contribution is 7.09. The first-order valence-electron chi connectivity index (χ1n) is 4.18. The Morgan fingerprint density at radius 2 is 2.36 bits per heavy atom. The van der Waals surface area contributed by atoms with Crippen LogP contribution in [0, 0.1) is 0 Å². The van der Waals surface area contributed by atoms with Crippen molar-refractivity contribution < 1.29 is 0 Å². The topological polar surface area (TPSA) is 63.8 Å². The zero-order chi connectivity index (χ0) is 9.80. The number of anilines is 2.